The average molecular weight is 1750 g/mol. The number of carbonyl (C=O) groups excluding carboxylic acids is 4. The fourth-order valence-electron chi connectivity index (χ4n) is 19.3. The fourth-order valence-corrected chi connectivity index (χ4v) is 37.1. The summed E-state index contributed by atoms with van der Waals surface area (Å²) in [5, 5.41) is 2.40. The second-order valence-electron chi connectivity index (χ2n) is 35.3. The summed E-state index contributed by atoms with van der Waals surface area (Å²) in [6.45, 7) is 47.3. The smallest absolute Gasteiger partial charge is 0.261 e. The van der Waals surface area contributed by atoms with Crippen molar-refractivity contribution in [1.82, 2.24) is 19.6 Å². The Hall–Kier alpha value is -7.33. The zero-order chi connectivity index (χ0) is 86.3. The van der Waals surface area contributed by atoms with Gasteiger partial charge in [-0.15, -0.1) is 115 Å². The summed E-state index contributed by atoms with van der Waals surface area (Å²) in [7, 11) is -3.57. The molecule has 6 aromatic heterocycles. The number of allylic oxidation sites excluding steroid dienone is 2. The van der Waals surface area contributed by atoms with Crippen LogP contribution in [0.25, 0.3) is 72.0 Å². The maximum absolute atomic E-state index is 14.6. The van der Waals surface area contributed by atoms with Gasteiger partial charge in [0.1, 0.15) is 16.1 Å². The van der Waals surface area contributed by atoms with E-state index in [4.69, 9.17) is 0 Å². The number of aryl methyl sites for hydroxylation is 4. The Morgan fingerprint density at radius 2 is 0.658 bits per heavy atom. The van der Waals surface area contributed by atoms with Gasteiger partial charge >= 0.3 is 0 Å². The van der Waals surface area contributed by atoms with Crippen LogP contribution in [-0.4, -0.2) is 85.6 Å². The highest BCUT2D eigenvalue weighted by molar-refractivity contribution is 7.34. The van der Waals surface area contributed by atoms with E-state index in [0.717, 1.165) is 146 Å². The van der Waals surface area contributed by atoms with Crippen LogP contribution in [0.5, 0.6) is 0 Å². The van der Waals surface area contributed by atoms with Crippen LogP contribution < -0.4 is 0 Å². The normalized spacial score (nSPS) is 14.4. The minimum absolute atomic E-state index is 0.0187. The number of unbranched alkanes of at least 4 members (excludes halogenated alkanes) is 14. The summed E-state index contributed by atoms with van der Waals surface area (Å²) in [6, 6.07) is 31.1. The van der Waals surface area contributed by atoms with Gasteiger partial charge in [-0.25, -0.2) is 0 Å². The summed E-state index contributed by atoms with van der Waals surface area (Å²) in [4.78, 5) is 78.1. The highest BCUT2D eigenvalue weighted by atomic mass is 32.1. The molecule has 0 radical (unpaired) electrons. The molecule has 0 aliphatic carbocycles. The lowest BCUT2D eigenvalue weighted by atomic mass is 10.0. The van der Waals surface area contributed by atoms with Gasteiger partial charge in [-0.3, -0.25) is 19.2 Å². The van der Waals surface area contributed by atoms with Gasteiger partial charge in [-0.2, -0.15) is 0 Å². The van der Waals surface area contributed by atoms with Gasteiger partial charge in [-0.1, -0.05) is 160 Å². The topological polar surface area (TPSA) is 81.2 Å². The molecule has 0 spiro atoms. The summed E-state index contributed by atoms with van der Waals surface area (Å²) < 4.78 is 2.94. The first-order valence-corrected chi connectivity index (χ1v) is 54.5. The Bertz CT molecular complexity index is 5380. The van der Waals surface area contributed by atoms with E-state index in [0.29, 0.717) is 81.7 Å². The molecule has 4 aliphatic heterocycles. The molecule has 0 saturated carbocycles. The minimum atomic E-state index is -1.80. The number of thiophene rings is 6. The van der Waals surface area contributed by atoms with Crippen LogP contribution >= 0.6 is 68.0 Å². The third kappa shape index (κ3) is 20.2. The van der Waals surface area contributed by atoms with Crippen molar-refractivity contribution in [2.75, 3.05) is 26.2 Å². The van der Waals surface area contributed by atoms with Gasteiger partial charge in [-0.05, 0) is 246 Å². The molecule has 8 aromatic rings. The summed E-state index contributed by atoms with van der Waals surface area (Å²) in [5.74, 6) is 19.4. The molecule has 4 amide bonds. The number of amides is 4. The molecule has 4 aliphatic rings. The monoisotopic (exact) mass is 1750 g/mol. The van der Waals surface area contributed by atoms with Crippen LogP contribution in [0, 0.1) is 60.5 Å². The van der Waals surface area contributed by atoms with Crippen molar-refractivity contribution >= 4 is 139 Å². The van der Waals surface area contributed by atoms with E-state index in [2.05, 4.69) is 242 Å². The predicted octanol–water partition coefficient (Wildman–Crippen LogP) is 30.1. The van der Waals surface area contributed by atoms with Crippen molar-refractivity contribution in [2.24, 2.45) is 0 Å². The molecule has 0 bridgehead atoms. The van der Waals surface area contributed by atoms with Crippen molar-refractivity contribution in [3.8, 4) is 87.0 Å². The lowest BCUT2D eigenvalue weighted by Crippen LogP contribution is -2.43. The number of fused-ring (bicyclic) bond motifs is 4. The molecule has 0 unspecified atom stereocenters. The quantitative estimate of drug-likeness (QED) is 0.0219. The molecule has 0 atom stereocenters. The highest BCUT2D eigenvalue weighted by Crippen LogP contribution is 2.55. The molecule has 16 heteroatoms. The predicted molar refractivity (Wildman–Crippen MR) is 528 cm³/mol. The van der Waals surface area contributed by atoms with Gasteiger partial charge in [0.2, 0.25) is 0 Å². The second kappa shape index (κ2) is 42.8. The van der Waals surface area contributed by atoms with Crippen LogP contribution in [0.2, 0.25) is 33.2 Å². The molecule has 12 rings (SSSR count). The van der Waals surface area contributed by atoms with Crippen molar-refractivity contribution < 1.29 is 19.2 Å². The van der Waals surface area contributed by atoms with E-state index in [1.807, 2.05) is 92.6 Å². The third-order valence-electron chi connectivity index (χ3n) is 25.6. The van der Waals surface area contributed by atoms with Crippen LogP contribution in [0.15, 0.2) is 119 Å². The number of hydrogen-bond donors (Lipinski definition) is 0. The molecular formula is C104H132N4O4S6Si2. The lowest BCUT2D eigenvalue weighted by Gasteiger charge is -2.38. The van der Waals surface area contributed by atoms with Crippen molar-refractivity contribution in [1.29, 1.82) is 0 Å². The van der Waals surface area contributed by atoms with Crippen LogP contribution in [-0.2, 0) is 32.0 Å². The van der Waals surface area contributed by atoms with E-state index in [1.54, 1.807) is 22.7 Å². The molecule has 10 heterocycles. The molecular weight excluding hydrogens is 1620 g/mol. The Morgan fingerprint density at radius 3 is 1.04 bits per heavy atom. The van der Waals surface area contributed by atoms with E-state index >= 15 is 0 Å². The molecule has 120 heavy (non-hydrogen) atoms. The van der Waals surface area contributed by atoms with E-state index < -0.39 is 16.1 Å². The Morgan fingerprint density at radius 1 is 0.333 bits per heavy atom. The number of carbonyl (C=O) groups is 4. The van der Waals surface area contributed by atoms with E-state index in [9.17, 15) is 19.2 Å². The summed E-state index contributed by atoms with van der Waals surface area (Å²) in [5.41, 5.74) is 22.3. The molecule has 2 aromatic carbocycles. The van der Waals surface area contributed by atoms with Gasteiger partial charge in [0.05, 0.1) is 43.4 Å². The number of hydrogen-bond acceptors (Lipinski definition) is 10. The van der Waals surface area contributed by atoms with E-state index in [-0.39, 0.29) is 23.6 Å². The van der Waals surface area contributed by atoms with Crippen molar-refractivity contribution in [2.45, 2.75) is 313 Å². The summed E-state index contributed by atoms with van der Waals surface area (Å²) in [6.07, 6.45) is 22.2. The van der Waals surface area contributed by atoms with Crippen molar-refractivity contribution in [3.63, 3.8) is 0 Å². The van der Waals surface area contributed by atoms with Gasteiger partial charge in [0, 0.05) is 112 Å². The SMILES string of the molecule is CC#CCCCCCN1C(=O)C2=C(c3ccc(-c4sc5c(CCCCC)c(-c6ccc(C)s6)sc5c4CCCCC)s3)N(CCCCCC#CC)C(=O)C2=C1C.CC1=C2C(=O)N(CCCCC#C[Si](C(C)C)(C(C)C)C(C)C)C(c3ccc(-c4ccc5cc(-c6ccc(C)s6)ccc5c4)s3)=C2C(=O)N1CCCCC#C[Si](C(C)C)(C(C)C)C(C)C. The molecule has 0 fully saturated rings. The van der Waals surface area contributed by atoms with Gasteiger partial charge in [0.15, 0.2) is 0 Å². The number of nitrogens with zero attached hydrogens (tertiary/aromatic N) is 4. The average Bonchev–Trinajstić information content (AvgIpc) is 1.56. The lowest BCUT2D eigenvalue weighted by molar-refractivity contribution is -0.124. The van der Waals surface area contributed by atoms with Crippen LogP contribution in [0.4, 0.5) is 0 Å². The van der Waals surface area contributed by atoms with Crippen LogP contribution in [0.3, 0.4) is 0 Å². The minimum Gasteiger partial charge on any atom is -0.312 e. The zero-order valence-corrected chi connectivity index (χ0v) is 82.7. The van der Waals surface area contributed by atoms with Gasteiger partial charge in [0.25, 0.3) is 23.6 Å². The zero-order valence-electron chi connectivity index (χ0n) is 75.8. The van der Waals surface area contributed by atoms with E-state index in [1.165, 1.54) is 110 Å². The second-order valence-corrected chi connectivity index (χ2v) is 53.2. The highest BCUT2D eigenvalue weighted by Gasteiger charge is 2.50. The first-order valence-electron chi connectivity index (χ1n) is 45.1. The molecule has 0 saturated heterocycles. The molecule has 8 nitrogen and oxygen atoms in total. The first-order chi connectivity index (χ1) is 57.7. The Labute approximate surface area is 747 Å². The Kier molecular flexibility index (Phi) is 33.3. The third-order valence-corrected chi connectivity index (χ3v) is 45.6. The fraction of sp³-hybridized carbons (Fsp3) is 0.500. The largest absolute Gasteiger partial charge is 0.312 e. The van der Waals surface area contributed by atoms with Gasteiger partial charge < -0.3 is 19.6 Å². The number of benzene rings is 2. The number of rotatable bonds is 38. The first kappa shape index (κ1) is 93.4. The Balaban J connectivity index is 0.000000237. The van der Waals surface area contributed by atoms with Crippen molar-refractivity contribution in [3.05, 3.63) is 149 Å². The maximum Gasteiger partial charge on any atom is 0.261 e. The molecule has 0 N–H and O–H groups in total. The maximum atomic E-state index is 14.6. The summed E-state index contributed by atoms with van der Waals surface area (Å²) >= 11 is 11.2. The standard InChI is InChI=1S/C56H74N2O2S2Si2.C48H58N2O2S4/c1-37(2)63(38(3)4,39(5)6)33-21-17-15-19-31-57-44(14)52-53(56(57)60)54(58(55(52)59)32-20-16-18-22-34-64(40(7)8,41(9)10)42(11)12)51-30-29-50(62-51)48-27-25-45-35-47(26-24-46(45)36-48)49-28-23-43(13)61-49;1-7-11-15-17-19-23-31-49-34(6)40-41(48(49)52)42(50(47(40)51)32-24-20-18-16-12-8-2)37-29-30-39(54-37)44-36(26-22-14-10-4)46-45(56-44)35(25-21-13-9-3)43(55-46)38-28-27-33(5)53-38/h23-30,35-42H,15-20,31-32H2,1-14H3;27-30H,9-10,13-26,31-32H2,1-6H3. The molecule has 636 valence electrons. The van der Waals surface area contributed by atoms with Crippen LogP contribution in [0.1, 0.15) is 284 Å².